The lowest BCUT2D eigenvalue weighted by atomic mass is 10.1. The van der Waals surface area contributed by atoms with E-state index in [-0.39, 0.29) is 29.8 Å². The number of aryl methyl sites for hydroxylation is 1. The van der Waals surface area contributed by atoms with Crippen molar-refractivity contribution in [2.24, 2.45) is 10.9 Å². The maximum Gasteiger partial charge on any atom is 0.191 e. The number of thioether (sulfide) groups is 1. The molecule has 3 rings (SSSR count). The summed E-state index contributed by atoms with van der Waals surface area (Å²) in [7, 11) is 0. The molecule has 1 unspecified atom stereocenters. The van der Waals surface area contributed by atoms with Gasteiger partial charge in [0.05, 0.1) is 6.61 Å². The first-order valence-electron chi connectivity index (χ1n) is 10.6. The quantitative estimate of drug-likeness (QED) is 0.144. The van der Waals surface area contributed by atoms with Gasteiger partial charge < -0.3 is 19.9 Å². The topological polar surface area (TPSA) is 76.4 Å². The Morgan fingerprint density at radius 2 is 2.10 bits per heavy atom. The number of aromatic nitrogens is 3. The highest BCUT2D eigenvalue weighted by atomic mass is 127. The predicted octanol–water partition coefficient (Wildman–Crippen LogP) is 3.35. The summed E-state index contributed by atoms with van der Waals surface area (Å²) in [6, 6.07) is 6.64. The Bertz CT molecular complexity index is 782. The minimum Gasteiger partial charge on any atom is -0.381 e. The van der Waals surface area contributed by atoms with Crippen molar-refractivity contribution in [3.05, 3.63) is 42.2 Å². The fourth-order valence-corrected chi connectivity index (χ4v) is 4.01. The van der Waals surface area contributed by atoms with E-state index < -0.39 is 0 Å². The van der Waals surface area contributed by atoms with E-state index in [2.05, 4.69) is 32.3 Å². The van der Waals surface area contributed by atoms with Crippen molar-refractivity contribution in [1.29, 1.82) is 0 Å². The standard InChI is InChI=1S/C21H31FN6OS.HI/c1-2-20-27-26-16-28(20)11-10-24-21(25-14-17-8-12-29-15-17)23-9-3-13-30-19-6-4-18(22)5-7-19;/h4-7,16-17H,2-3,8-15H2,1H3,(H2,23,24,25);1H. The van der Waals surface area contributed by atoms with Crippen LogP contribution in [0.5, 0.6) is 0 Å². The van der Waals surface area contributed by atoms with Gasteiger partial charge in [-0.2, -0.15) is 0 Å². The number of ether oxygens (including phenoxy) is 1. The first-order chi connectivity index (χ1) is 14.7. The van der Waals surface area contributed by atoms with Crippen molar-refractivity contribution in [3.8, 4) is 0 Å². The normalized spacial score (nSPS) is 16.2. The van der Waals surface area contributed by atoms with Crippen molar-refractivity contribution in [1.82, 2.24) is 25.4 Å². The van der Waals surface area contributed by atoms with Gasteiger partial charge in [0, 0.05) is 50.0 Å². The number of nitrogens with zero attached hydrogens (tertiary/aromatic N) is 4. The second-order valence-corrected chi connectivity index (χ2v) is 8.39. The number of guanidine groups is 1. The minimum atomic E-state index is -0.196. The first kappa shape index (κ1) is 25.9. The molecular formula is C21H32FIN6OS. The second kappa shape index (κ2) is 14.6. The molecule has 1 aliphatic rings. The molecule has 2 aromatic rings. The number of hydrogen-bond acceptors (Lipinski definition) is 5. The van der Waals surface area contributed by atoms with E-state index in [0.29, 0.717) is 5.92 Å². The third-order valence-electron chi connectivity index (χ3n) is 4.88. The molecule has 0 bridgehead atoms. The molecule has 1 aliphatic heterocycles. The lowest BCUT2D eigenvalue weighted by Gasteiger charge is -2.14. The Kier molecular flexibility index (Phi) is 12.2. The van der Waals surface area contributed by atoms with Gasteiger partial charge in [-0.25, -0.2) is 4.39 Å². The fraction of sp³-hybridized carbons (Fsp3) is 0.571. The number of aliphatic imine (C=N–C) groups is 1. The number of rotatable bonds is 11. The average molecular weight is 562 g/mol. The summed E-state index contributed by atoms with van der Waals surface area (Å²) in [6.45, 7) is 6.86. The molecule has 1 atom stereocenters. The van der Waals surface area contributed by atoms with Crippen LogP contribution in [0.4, 0.5) is 4.39 Å². The van der Waals surface area contributed by atoms with Crippen LogP contribution in [-0.4, -0.2) is 59.3 Å². The molecule has 0 spiro atoms. The van der Waals surface area contributed by atoms with Crippen LogP contribution in [-0.2, 0) is 17.7 Å². The van der Waals surface area contributed by atoms with Crippen molar-refractivity contribution in [3.63, 3.8) is 0 Å². The van der Waals surface area contributed by atoms with E-state index in [0.717, 1.165) is 81.1 Å². The van der Waals surface area contributed by atoms with E-state index in [1.54, 1.807) is 18.1 Å². The zero-order chi connectivity index (χ0) is 21.0. The van der Waals surface area contributed by atoms with E-state index in [9.17, 15) is 4.39 Å². The SMILES string of the molecule is CCc1nncn1CCNC(=NCC1CCOC1)NCCCSc1ccc(F)cc1.I. The van der Waals surface area contributed by atoms with Crippen LogP contribution in [0.25, 0.3) is 0 Å². The van der Waals surface area contributed by atoms with Crippen molar-refractivity contribution in [2.45, 2.75) is 37.6 Å². The highest BCUT2D eigenvalue weighted by Crippen LogP contribution is 2.18. The van der Waals surface area contributed by atoms with Gasteiger partial charge in [-0.3, -0.25) is 4.99 Å². The molecule has 0 aliphatic carbocycles. The first-order valence-corrected chi connectivity index (χ1v) is 11.6. The number of halogens is 2. The summed E-state index contributed by atoms with van der Waals surface area (Å²) >= 11 is 1.73. The van der Waals surface area contributed by atoms with Gasteiger partial charge in [0.2, 0.25) is 0 Å². The molecule has 7 nitrogen and oxygen atoms in total. The minimum absolute atomic E-state index is 0. The largest absolute Gasteiger partial charge is 0.381 e. The maximum atomic E-state index is 13.0. The van der Waals surface area contributed by atoms with Gasteiger partial charge in [-0.05, 0) is 42.9 Å². The van der Waals surface area contributed by atoms with Gasteiger partial charge in [0.1, 0.15) is 18.0 Å². The van der Waals surface area contributed by atoms with E-state index in [4.69, 9.17) is 9.73 Å². The third-order valence-corrected chi connectivity index (χ3v) is 5.98. The molecule has 10 heteroatoms. The smallest absolute Gasteiger partial charge is 0.191 e. The van der Waals surface area contributed by atoms with Crippen LogP contribution >= 0.6 is 35.7 Å². The molecule has 1 aromatic heterocycles. The fourth-order valence-electron chi connectivity index (χ4n) is 3.16. The molecule has 1 aromatic carbocycles. The summed E-state index contributed by atoms with van der Waals surface area (Å²) in [6.07, 6.45) is 4.70. The van der Waals surface area contributed by atoms with Crippen molar-refractivity contribution < 1.29 is 9.13 Å². The van der Waals surface area contributed by atoms with E-state index >= 15 is 0 Å². The molecule has 1 saturated heterocycles. The van der Waals surface area contributed by atoms with Gasteiger partial charge in [-0.15, -0.1) is 45.9 Å². The van der Waals surface area contributed by atoms with Crippen molar-refractivity contribution >= 4 is 41.7 Å². The Balaban J connectivity index is 0.00000341. The Hall–Kier alpha value is -1.40. The highest BCUT2D eigenvalue weighted by molar-refractivity contribution is 14.0. The van der Waals surface area contributed by atoms with Gasteiger partial charge in [0.25, 0.3) is 0 Å². The van der Waals surface area contributed by atoms with Gasteiger partial charge in [-0.1, -0.05) is 6.92 Å². The highest BCUT2D eigenvalue weighted by Gasteiger charge is 2.15. The molecule has 0 saturated carbocycles. The Labute approximate surface area is 205 Å². The lowest BCUT2D eigenvalue weighted by Crippen LogP contribution is -2.40. The summed E-state index contributed by atoms with van der Waals surface area (Å²) < 4.78 is 20.5. The van der Waals surface area contributed by atoms with Crippen LogP contribution in [0, 0.1) is 11.7 Å². The number of benzene rings is 1. The summed E-state index contributed by atoms with van der Waals surface area (Å²) in [4.78, 5) is 5.85. The molecule has 1 fully saturated rings. The Morgan fingerprint density at radius 1 is 1.29 bits per heavy atom. The average Bonchev–Trinajstić information content (AvgIpc) is 3.44. The van der Waals surface area contributed by atoms with Gasteiger partial charge in [0.15, 0.2) is 5.96 Å². The molecule has 172 valence electrons. The van der Waals surface area contributed by atoms with Crippen LogP contribution in [0.2, 0.25) is 0 Å². The molecule has 2 N–H and O–H groups in total. The lowest BCUT2D eigenvalue weighted by molar-refractivity contribution is 0.187. The zero-order valence-corrected chi connectivity index (χ0v) is 21.1. The predicted molar refractivity (Wildman–Crippen MR) is 134 cm³/mol. The summed E-state index contributed by atoms with van der Waals surface area (Å²) in [5.41, 5.74) is 0. The molecular weight excluding hydrogens is 530 g/mol. The summed E-state index contributed by atoms with van der Waals surface area (Å²) in [5.74, 6) is 3.09. The van der Waals surface area contributed by atoms with Crippen molar-refractivity contribution in [2.75, 3.05) is 38.6 Å². The molecule has 31 heavy (non-hydrogen) atoms. The summed E-state index contributed by atoms with van der Waals surface area (Å²) in [5, 5.41) is 15.0. The molecule has 2 heterocycles. The van der Waals surface area contributed by atoms with E-state index in [1.807, 2.05) is 12.1 Å². The molecule has 0 amide bonds. The van der Waals surface area contributed by atoms with Crippen LogP contribution in [0.15, 0.2) is 40.5 Å². The monoisotopic (exact) mass is 562 g/mol. The van der Waals surface area contributed by atoms with Crippen LogP contribution in [0.3, 0.4) is 0 Å². The second-order valence-electron chi connectivity index (χ2n) is 7.22. The van der Waals surface area contributed by atoms with Crippen LogP contribution in [0.1, 0.15) is 25.6 Å². The third kappa shape index (κ3) is 9.32. The zero-order valence-electron chi connectivity index (χ0n) is 17.9. The number of nitrogens with one attached hydrogen (secondary N) is 2. The van der Waals surface area contributed by atoms with Crippen LogP contribution < -0.4 is 10.6 Å². The number of hydrogen-bond donors (Lipinski definition) is 2. The van der Waals surface area contributed by atoms with E-state index in [1.165, 1.54) is 12.1 Å². The maximum absolute atomic E-state index is 13.0. The Morgan fingerprint density at radius 3 is 2.84 bits per heavy atom. The van der Waals surface area contributed by atoms with Gasteiger partial charge >= 0.3 is 0 Å². The molecule has 0 radical (unpaired) electrons.